The Kier molecular flexibility index (Phi) is 5.41. The van der Waals surface area contributed by atoms with Crippen molar-refractivity contribution in [2.45, 2.75) is 12.6 Å². The molecule has 1 N–H and O–H groups in total. The quantitative estimate of drug-likeness (QED) is 0.725. The first-order chi connectivity index (χ1) is 11.7. The standard InChI is InChI=1S/C20H24N4/c1-23(2)15-20(18-6-4-3-5-7-18)22-14-17-8-10-19(11-9-17)24-13-12-21-16-24/h3-13,16,20,22H,14-15H2,1-2H3. The van der Waals surface area contributed by atoms with Crippen molar-refractivity contribution < 1.29 is 0 Å². The first kappa shape index (κ1) is 16.4. The molecule has 0 aliphatic rings. The van der Waals surface area contributed by atoms with Gasteiger partial charge in [0.25, 0.3) is 0 Å². The predicted octanol–water partition coefficient (Wildman–Crippen LogP) is 3.26. The molecule has 3 rings (SSSR count). The Bertz CT molecular complexity index is 718. The number of likely N-dealkylation sites (N-methyl/N-ethyl adjacent to an activating group) is 1. The summed E-state index contributed by atoms with van der Waals surface area (Å²) < 4.78 is 2.01. The van der Waals surface area contributed by atoms with Crippen LogP contribution in [0.4, 0.5) is 0 Å². The molecule has 0 spiro atoms. The molecule has 0 aliphatic carbocycles. The molecule has 4 heteroatoms. The summed E-state index contributed by atoms with van der Waals surface area (Å²) in [6, 6.07) is 19.5. The van der Waals surface area contributed by atoms with E-state index in [9.17, 15) is 0 Å². The third-order valence-corrected chi connectivity index (χ3v) is 4.04. The highest BCUT2D eigenvalue weighted by Gasteiger charge is 2.11. The highest BCUT2D eigenvalue weighted by molar-refractivity contribution is 5.34. The number of aromatic nitrogens is 2. The van der Waals surface area contributed by atoms with Gasteiger partial charge >= 0.3 is 0 Å². The van der Waals surface area contributed by atoms with Crippen molar-refractivity contribution in [2.24, 2.45) is 0 Å². The maximum atomic E-state index is 4.09. The molecule has 4 nitrogen and oxygen atoms in total. The van der Waals surface area contributed by atoms with E-state index >= 15 is 0 Å². The van der Waals surface area contributed by atoms with Crippen LogP contribution in [-0.4, -0.2) is 35.1 Å². The van der Waals surface area contributed by atoms with E-state index in [0.29, 0.717) is 6.04 Å². The Hall–Kier alpha value is -2.43. The predicted molar refractivity (Wildman–Crippen MR) is 98.1 cm³/mol. The van der Waals surface area contributed by atoms with Crippen LogP contribution in [0, 0.1) is 0 Å². The van der Waals surface area contributed by atoms with Crippen molar-refractivity contribution in [3.63, 3.8) is 0 Å². The van der Waals surface area contributed by atoms with Crippen LogP contribution in [0.2, 0.25) is 0 Å². The average molecular weight is 320 g/mol. The highest BCUT2D eigenvalue weighted by atomic mass is 15.1. The Balaban J connectivity index is 1.66. The largest absolute Gasteiger partial charge is 0.308 e. The van der Waals surface area contributed by atoms with Gasteiger partial charge in [0.15, 0.2) is 0 Å². The minimum absolute atomic E-state index is 0.314. The van der Waals surface area contributed by atoms with Gasteiger partial charge in [-0.2, -0.15) is 0 Å². The number of nitrogens with zero attached hydrogens (tertiary/aromatic N) is 3. The van der Waals surface area contributed by atoms with Crippen LogP contribution in [0.25, 0.3) is 5.69 Å². The van der Waals surface area contributed by atoms with Gasteiger partial charge in [-0.1, -0.05) is 42.5 Å². The molecule has 0 bridgehead atoms. The van der Waals surface area contributed by atoms with Gasteiger partial charge in [-0.25, -0.2) is 4.98 Å². The lowest BCUT2D eigenvalue weighted by molar-refractivity contribution is 0.340. The fourth-order valence-corrected chi connectivity index (χ4v) is 2.78. The Labute approximate surface area is 143 Å². The van der Waals surface area contributed by atoms with Crippen LogP contribution in [0.15, 0.2) is 73.3 Å². The van der Waals surface area contributed by atoms with Crippen molar-refractivity contribution in [3.8, 4) is 5.69 Å². The number of rotatable bonds is 7. The van der Waals surface area contributed by atoms with Crippen molar-refractivity contribution in [1.29, 1.82) is 0 Å². The van der Waals surface area contributed by atoms with Crippen molar-refractivity contribution in [1.82, 2.24) is 19.8 Å². The lowest BCUT2D eigenvalue weighted by Gasteiger charge is -2.23. The second-order valence-corrected chi connectivity index (χ2v) is 6.24. The third-order valence-electron chi connectivity index (χ3n) is 4.04. The van der Waals surface area contributed by atoms with E-state index in [2.05, 4.69) is 83.9 Å². The lowest BCUT2D eigenvalue weighted by atomic mass is 10.1. The summed E-state index contributed by atoms with van der Waals surface area (Å²) in [4.78, 5) is 6.30. The van der Waals surface area contributed by atoms with Crippen LogP contribution in [0.5, 0.6) is 0 Å². The normalized spacial score (nSPS) is 12.5. The fourth-order valence-electron chi connectivity index (χ4n) is 2.78. The van der Waals surface area contributed by atoms with Gasteiger partial charge in [0.05, 0.1) is 6.33 Å². The minimum atomic E-state index is 0.314. The summed E-state index contributed by atoms with van der Waals surface area (Å²) in [6.07, 6.45) is 5.56. The molecule has 0 aliphatic heterocycles. The Morgan fingerprint density at radius 1 is 1.04 bits per heavy atom. The van der Waals surface area contributed by atoms with Crippen molar-refractivity contribution >= 4 is 0 Å². The maximum Gasteiger partial charge on any atom is 0.0991 e. The smallest absolute Gasteiger partial charge is 0.0991 e. The zero-order valence-electron chi connectivity index (χ0n) is 14.3. The van der Waals surface area contributed by atoms with E-state index in [-0.39, 0.29) is 0 Å². The monoisotopic (exact) mass is 320 g/mol. The molecule has 1 atom stereocenters. The van der Waals surface area contributed by atoms with Crippen molar-refractivity contribution in [2.75, 3.05) is 20.6 Å². The van der Waals surface area contributed by atoms with Crippen LogP contribution in [-0.2, 0) is 6.54 Å². The molecule has 0 fully saturated rings. The summed E-state index contributed by atoms with van der Waals surface area (Å²) in [6.45, 7) is 1.81. The molecule has 1 heterocycles. The number of nitrogens with one attached hydrogen (secondary N) is 1. The van der Waals surface area contributed by atoms with Gasteiger partial charge in [-0.15, -0.1) is 0 Å². The summed E-state index contributed by atoms with van der Waals surface area (Å²) in [5.74, 6) is 0. The molecule has 0 amide bonds. The SMILES string of the molecule is CN(C)CC(NCc1ccc(-n2ccnc2)cc1)c1ccccc1. The molecular weight excluding hydrogens is 296 g/mol. The van der Waals surface area contributed by atoms with Crippen LogP contribution < -0.4 is 5.32 Å². The number of benzene rings is 2. The van der Waals surface area contributed by atoms with E-state index in [1.807, 2.05) is 17.1 Å². The lowest BCUT2D eigenvalue weighted by Crippen LogP contribution is -2.30. The van der Waals surface area contributed by atoms with E-state index in [1.165, 1.54) is 11.1 Å². The zero-order chi connectivity index (χ0) is 16.8. The van der Waals surface area contributed by atoms with Gasteiger partial charge < -0.3 is 14.8 Å². The molecule has 2 aromatic carbocycles. The molecule has 124 valence electrons. The number of hydrogen-bond donors (Lipinski definition) is 1. The van der Waals surface area contributed by atoms with Gasteiger partial charge in [0, 0.05) is 37.2 Å². The summed E-state index contributed by atoms with van der Waals surface area (Å²) in [5, 5.41) is 3.68. The van der Waals surface area contributed by atoms with Gasteiger partial charge in [-0.3, -0.25) is 0 Å². The van der Waals surface area contributed by atoms with Crippen LogP contribution in [0.1, 0.15) is 17.2 Å². The summed E-state index contributed by atoms with van der Waals surface area (Å²) in [7, 11) is 4.22. The Morgan fingerprint density at radius 3 is 2.42 bits per heavy atom. The molecular formula is C20H24N4. The van der Waals surface area contributed by atoms with Crippen molar-refractivity contribution in [3.05, 3.63) is 84.4 Å². The van der Waals surface area contributed by atoms with E-state index in [4.69, 9.17) is 0 Å². The number of imidazole rings is 1. The number of hydrogen-bond acceptors (Lipinski definition) is 3. The van der Waals surface area contributed by atoms with Gasteiger partial charge in [0.2, 0.25) is 0 Å². The van der Waals surface area contributed by atoms with Crippen LogP contribution >= 0.6 is 0 Å². The summed E-state index contributed by atoms with van der Waals surface area (Å²) in [5.41, 5.74) is 3.73. The maximum absolute atomic E-state index is 4.09. The average Bonchev–Trinajstić information content (AvgIpc) is 3.14. The van der Waals surface area contributed by atoms with E-state index in [1.54, 1.807) is 6.20 Å². The molecule has 3 aromatic rings. The molecule has 24 heavy (non-hydrogen) atoms. The molecule has 1 aromatic heterocycles. The molecule has 0 saturated carbocycles. The fraction of sp³-hybridized carbons (Fsp3) is 0.250. The molecule has 0 radical (unpaired) electrons. The van der Waals surface area contributed by atoms with E-state index in [0.717, 1.165) is 18.8 Å². The van der Waals surface area contributed by atoms with E-state index < -0.39 is 0 Å². The third kappa shape index (κ3) is 4.31. The minimum Gasteiger partial charge on any atom is -0.308 e. The van der Waals surface area contributed by atoms with Gasteiger partial charge in [0.1, 0.15) is 0 Å². The highest BCUT2D eigenvalue weighted by Crippen LogP contribution is 2.15. The Morgan fingerprint density at radius 2 is 1.79 bits per heavy atom. The molecule has 1 unspecified atom stereocenters. The first-order valence-electron chi connectivity index (χ1n) is 8.23. The van der Waals surface area contributed by atoms with Crippen LogP contribution in [0.3, 0.4) is 0 Å². The topological polar surface area (TPSA) is 33.1 Å². The first-order valence-corrected chi connectivity index (χ1v) is 8.23. The second kappa shape index (κ2) is 7.90. The zero-order valence-corrected chi connectivity index (χ0v) is 14.3. The molecule has 0 saturated heterocycles. The van der Waals surface area contributed by atoms with Gasteiger partial charge in [-0.05, 0) is 37.4 Å². The second-order valence-electron chi connectivity index (χ2n) is 6.24. The summed E-state index contributed by atoms with van der Waals surface area (Å²) >= 11 is 0.